The molecule has 5 rings (SSSR count). The Labute approximate surface area is 178 Å². The quantitative estimate of drug-likeness (QED) is 0.479. The molecule has 1 aliphatic carbocycles. The summed E-state index contributed by atoms with van der Waals surface area (Å²) in [7, 11) is 0. The van der Waals surface area contributed by atoms with Crippen molar-refractivity contribution in [3.05, 3.63) is 60.2 Å². The third kappa shape index (κ3) is 3.64. The largest absolute Gasteiger partial charge is 0.481 e. The van der Waals surface area contributed by atoms with Crippen LogP contribution in [0.25, 0.3) is 33.5 Å². The van der Waals surface area contributed by atoms with Gasteiger partial charge >= 0.3 is 12.0 Å². The molecular formula is C22H15F3N4O3. The predicted octanol–water partition coefficient (Wildman–Crippen LogP) is 4.35. The Kier molecular flexibility index (Phi) is 4.76. The minimum atomic E-state index is -0.841. The highest BCUT2D eigenvalue weighted by Crippen LogP contribution is 2.31. The molecule has 0 saturated heterocycles. The number of carbonyl (C=O) groups is 1. The van der Waals surface area contributed by atoms with Gasteiger partial charge in [0, 0.05) is 24.0 Å². The molecule has 1 aliphatic rings. The number of halogens is 3. The number of rotatable bonds is 5. The number of carboxylic acid groups (broad SMARTS) is 1. The summed E-state index contributed by atoms with van der Waals surface area (Å²) in [5, 5.41) is 8.90. The van der Waals surface area contributed by atoms with Crippen molar-refractivity contribution in [3.8, 4) is 28.5 Å². The Hall–Kier alpha value is -3.95. The van der Waals surface area contributed by atoms with Gasteiger partial charge in [0.25, 0.3) is 0 Å². The summed E-state index contributed by atoms with van der Waals surface area (Å²) >= 11 is 0. The molecule has 32 heavy (non-hydrogen) atoms. The van der Waals surface area contributed by atoms with Crippen LogP contribution in [0.4, 0.5) is 13.2 Å². The molecule has 0 radical (unpaired) electrons. The monoisotopic (exact) mass is 440 g/mol. The molecule has 0 unspecified atom stereocenters. The lowest BCUT2D eigenvalue weighted by molar-refractivity contribution is -0.148. The number of benzene rings is 2. The van der Waals surface area contributed by atoms with E-state index in [9.17, 15) is 18.0 Å². The van der Waals surface area contributed by atoms with Gasteiger partial charge in [0.15, 0.2) is 5.82 Å². The fourth-order valence-corrected chi connectivity index (χ4v) is 3.60. The minimum Gasteiger partial charge on any atom is -0.481 e. The number of imidazole rings is 1. The summed E-state index contributed by atoms with van der Waals surface area (Å²) < 4.78 is 47.6. The van der Waals surface area contributed by atoms with Gasteiger partial charge in [-0.1, -0.05) is 6.07 Å². The van der Waals surface area contributed by atoms with Crippen LogP contribution in [-0.2, 0) is 4.79 Å². The first-order valence-electron chi connectivity index (χ1n) is 9.74. The van der Waals surface area contributed by atoms with E-state index in [0.29, 0.717) is 24.0 Å². The van der Waals surface area contributed by atoms with E-state index in [1.165, 1.54) is 24.5 Å². The van der Waals surface area contributed by atoms with E-state index in [4.69, 9.17) is 9.84 Å². The summed E-state index contributed by atoms with van der Waals surface area (Å²) in [4.78, 5) is 25.8. The van der Waals surface area contributed by atoms with Gasteiger partial charge in [0.2, 0.25) is 0 Å². The summed E-state index contributed by atoms with van der Waals surface area (Å²) in [5.74, 6) is -3.37. The fourth-order valence-electron chi connectivity index (χ4n) is 3.60. The van der Waals surface area contributed by atoms with Gasteiger partial charge in [-0.15, -0.1) is 0 Å². The zero-order valence-electron chi connectivity index (χ0n) is 16.3. The topological polar surface area (TPSA) is 101 Å². The van der Waals surface area contributed by atoms with Crippen LogP contribution in [0, 0.1) is 23.4 Å². The van der Waals surface area contributed by atoms with Crippen molar-refractivity contribution in [3.63, 3.8) is 0 Å². The Balaban J connectivity index is 1.34. The highest BCUT2D eigenvalue weighted by atomic mass is 19.1. The van der Waals surface area contributed by atoms with Crippen LogP contribution >= 0.6 is 0 Å². The van der Waals surface area contributed by atoms with Crippen LogP contribution in [0.15, 0.2) is 42.7 Å². The molecule has 0 amide bonds. The lowest BCUT2D eigenvalue weighted by Gasteiger charge is -2.31. The molecule has 0 atom stereocenters. The summed E-state index contributed by atoms with van der Waals surface area (Å²) in [5.41, 5.74) is 1.20. The second-order valence-electron chi connectivity index (χ2n) is 7.56. The van der Waals surface area contributed by atoms with Crippen LogP contribution in [-0.4, -0.2) is 37.1 Å². The number of aliphatic carboxylic acids is 1. The maximum absolute atomic E-state index is 14.8. The molecule has 2 aromatic carbocycles. The standard InChI is InChI=1S/C22H15F3N4O3/c23-13-6-17(25)19-18(7-13)28-20(29-19)15-2-1-10(5-16(15)24)12-8-26-22(27-9-12)32-14-3-11(4-14)21(30)31/h1-2,5-9,11,14H,3-4H2,(H,28,29)(H,30,31). The molecule has 2 N–H and O–H groups in total. The molecule has 4 aromatic rings. The number of hydrogen-bond acceptors (Lipinski definition) is 5. The van der Waals surface area contributed by atoms with Gasteiger partial charge in [-0.25, -0.2) is 28.1 Å². The van der Waals surface area contributed by atoms with E-state index in [1.807, 2.05) is 0 Å². The van der Waals surface area contributed by atoms with Crippen LogP contribution < -0.4 is 4.74 Å². The average molecular weight is 440 g/mol. The molecule has 1 fully saturated rings. The van der Waals surface area contributed by atoms with E-state index in [1.54, 1.807) is 6.07 Å². The number of aromatic amines is 1. The number of nitrogens with one attached hydrogen (secondary N) is 1. The molecule has 0 bridgehead atoms. The van der Waals surface area contributed by atoms with Crippen LogP contribution in [0.1, 0.15) is 12.8 Å². The Morgan fingerprint density at radius 1 is 1.03 bits per heavy atom. The zero-order chi connectivity index (χ0) is 22.4. The average Bonchev–Trinajstić information content (AvgIpc) is 3.14. The van der Waals surface area contributed by atoms with E-state index >= 15 is 0 Å². The van der Waals surface area contributed by atoms with Gasteiger partial charge in [0.1, 0.15) is 29.1 Å². The highest BCUT2D eigenvalue weighted by molar-refractivity contribution is 5.80. The lowest BCUT2D eigenvalue weighted by Crippen LogP contribution is -2.38. The number of ether oxygens (including phenoxy) is 1. The lowest BCUT2D eigenvalue weighted by atomic mass is 9.82. The van der Waals surface area contributed by atoms with Crippen LogP contribution in [0.5, 0.6) is 6.01 Å². The Morgan fingerprint density at radius 3 is 2.47 bits per heavy atom. The number of aromatic nitrogens is 4. The van der Waals surface area contributed by atoms with E-state index in [2.05, 4.69) is 19.9 Å². The molecule has 162 valence electrons. The number of fused-ring (bicyclic) bond motifs is 1. The highest BCUT2D eigenvalue weighted by Gasteiger charge is 2.36. The normalized spacial score (nSPS) is 17.8. The maximum atomic E-state index is 14.8. The second kappa shape index (κ2) is 7.63. The molecule has 1 saturated carbocycles. The van der Waals surface area contributed by atoms with Crippen molar-refractivity contribution < 1.29 is 27.8 Å². The van der Waals surface area contributed by atoms with Gasteiger partial charge in [-0.2, -0.15) is 0 Å². The van der Waals surface area contributed by atoms with Crippen LogP contribution in [0.2, 0.25) is 0 Å². The summed E-state index contributed by atoms with van der Waals surface area (Å²) in [6.07, 6.45) is 3.53. The SMILES string of the molecule is O=C(O)C1CC(Oc2ncc(-c3ccc(-c4nc5c(F)cc(F)cc5[nH]4)c(F)c3)cn2)C1. The Bertz CT molecular complexity index is 1330. The van der Waals surface area contributed by atoms with E-state index in [-0.39, 0.29) is 34.5 Å². The first-order chi connectivity index (χ1) is 15.4. The van der Waals surface area contributed by atoms with Gasteiger partial charge < -0.3 is 14.8 Å². The number of nitrogens with zero attached hydrogens (tertiary/aromatic N) is 3. The van der Waals surface area contributed by atoms with Crippen molar-refractivity contribution in [1.29, 1.82) is 0 Å². The molecule has 0 aliphatic heterocycles. The molecule has 10 heteroatoms. The van der Waals surface area contributed by atoms with Gasteiger partial charge in [-0.05, 0) is 36.6 Å². The summed E-state index contributed by atoms with van der Waals surface area (Å²) in [6, 6.07) is 6.30. The molecule has 7 nitrogen and oxygen atoms in total. The van der Waals surface area contributed by atoms with Gasteiger partial charge in [-0.3, -0.25) is 4.79 Å². The second-order valence-corrected chi connectivity index (χ2v) is 7.56. The van der Waals surface area contributed by atoms with Crippen molar-refractivity contribution in [1.82, 2.24) is 19.9 Å². The molecule has 0 spiro atoms. The van der Waals surface area contributed by atoms with E-state index < -0.39 is 29.3 Å². The molecule has 2 aromatic heterocycles. The summed E-state index contributed by atoms with van der Waals surface area (Å²) in [6.45, 7) is 0. The van der Waals surface area contributed by atoms with Gasteiger partial charge in [0.05, 0.1) is 17.0 Å². The van der Waals surface area contributed by atoms with Crippen molar-refractivity contribution in [2.45, 2.75) is 18.9 Å². The smallest absolute Gasteiger partial charge is 0.316 e. The van der Waals surface area contributed by atoms with Crippen molar-refractivity contribution in [2.75, 3.05) is 0 Å². The van der Waals surface area contributed by atoms with Crippen molar-refractivity contribution >= 4 is 17.0 Å². The Morgan fingerprint density at radius 2 is 1.78 bits per heavy atom. The van der Waals surface area contributed by atoms with Crippen molar-refractivity contribution in [2.24, 2.45) is 5.92 Å². The fraction of sp³-hybridized carbons (Fsp3) is 0.182. The third-order valence-corrected chi connectivity index (χ3v) is 5.41. The van der Waals surface area contributed by atoms with E-state index in [0.717, 1.165) is 12.1 Å². The predicted molar refractivity (Wildman–Crippen MR) is 107 cm³/mol. The first-order valence-corrected chi connectivity index (χ1v) is 9.74. The maximum Gasteiger partial charge on any atom is 0.316 e. The number of carboxylic acids is 1. The third-order valence-electron chi connectivity index (χ3n) is 5.41. The number of hydrogen-bond donors (Lipinski definition) is 2. The molecular weight excluding hydrogens is 425 g/mol. The molecule has 2 heterocycles. The number of H-pyrrole nitrogens is 1. The minimum absolute atomic E-state index is 0.0741. The zero-order valence-corrected chi connectivity index (χ0v) is 16.3. The first kappa shape index (κ1) is 20.0. The van der Waals surface area contributed by atoms with Crippen LogP contribution in [0.3, 0.4) is 0 Å².